The van der Waals surface area contributed by atoms with Gasteiger partial charge in [-0.3, -0.25) is 4.79 Å². The van der Waals surface area contributed by atoms with E-state index >= 15 is 0 Å². The van der Waals surface area contributed by atoms with Crippen molar-refractivity contribution >= 4 is 5.91 Å². The van der Waals surface area contributed by atoms with E-state index in [1.165, 1.54) is 0 Å². The molecule has 0 radical (unpaired) electrons. The molecule has 0 aliphatic carbocycles. The first-order valence-electron chi connectivity index (χ1n) is 10.2. The van der Waals surface area contributed by atoms with Gasteiger partial charge in [-0.05, 0) is 24.2 Å². The Labute approximate surface area is 162 Å². The normalized spacial score (nSPS) is 26.0. The van der Waals surface area contributed by atoms with Crippen molar-refractivity contribution in [3.8, 4) is 0 Å². The summed E-state index contributed by atoms with van der Waals surface area (Å²) >= 11 is 0. The highest BCUT2D eigenvalue weighted by Gasteiger charge is 2.46. The molecule has 1 spiro atoms. The number of aliphatic hydroxyl groups is 1. The van der Waals surface area contributed by atoms with E-state index in [2.05, 4.69) is 39.8 Å². The summed E-state index contributed by atoms with van der Waals surface area (Å²) in [6.07, 6.45) is 3.33. The van der Waals surface area contributed by atoms with E-state index in [-0.39, 0.29) is 29.1 Å². The van der Waals surface area contributed by atoms with Gasteiger partial charge in [-0.1, -0.05) is 39.8 Å². The first-order chi connectivity index (χ1) is 12.6. The van der Waals surface area contributed by atoms with Crippen molar-refractivity contribution in [2.24, 2.45) is 11.3 Å². The summed E-state index contributed by atoms with van der Waals surface area (Å²) in [6.45, 7) is 11.9. The lowest BCUT2D eigenvalue weighted by molar-refractivity contribution is -0.205. The Morgan fingerprint density at radius 3 is 2.63 bits per heavy atom. The lowest BCUT2D eigenvalue weighted by Crippen LogP contribution is -2.55. The number of carbonyl (C=O) groups is 1. The van der Waals surface area contributed by atoms with Gasteiger partial charge >= 0.3 is 0 Å². The molecule has 27 heavy (non-hydrogen) atoms. The summed E-state index contributed by atoms with van der Waals surface area (Å²) < 4.78 is 11.8. The van der Waals surface area contributed by atoms with E-state index in [4.69, 9.17) is 9.26 Å². The fourth-order valence-electron chi connectivity index (χ4n) is 4.20. The third-order valence-corrected chi connectivity index (χ3v) is 5.80. The Balaban J connectivity index is 1.62. The van der Waals surface area contributed by atoms with Crippen molar-refractivity contribution in [1.82, 2.24) is 10.1 Å². The van der Waals surface area contributed by atoms with E-state index < -0.39 is 0 Å². The van der Waals surface area contributed by atoms with Crippen LogP contribution in [0.4, 0.5) is 0 Å². The number of ether oxygens (including phenoxy) is 1. The van der Waals surface area contributed by atoms with Crippen LogP contribution in [0, 0.1) is 11.3 Å². The fourth-order valence-corrected chi connectivity index (χ4v) is 4.20. The van der Waals surface area contributed by atoms with Crippen molar-refractivity contribution in [2.45, 2.75) is 84.5 Å². The third-order valence-electron chi connectivity index (χ3n) is 5.80. The van der Waals surface area contributed by atoms with Crippen LogP contribution < -0.4 is 0 Å². The minimum Gasteiger partial charge on any atom is -0.393 e. The molecule has 1 aromatic rings. The molecule has 152 valence electrons. The first-order valence-corrected chi connectivity index (χ1v) is 10.2. The minimum atomic E-state index is -0.334. The number of amides is 1. The predicted molar refractivity (Wildman–Crippen MR) is 102 cm³/mol. The molecule has 0 saturated carbocycles. The fraction of sp³-hybridized carbons (Fsp3) is 0.810. The Morgan fingerprint density at radius 2 is 2.04 bits per heavy atom. The van der Waals surface area contributed by atoms with Gasteiger partial charge in [0.05, 0.1) is 17.8 Å². The molecule has 2 aliphatic heterocycles. The molecule has 1 amide bonds. The van der Waals surface area contributed by atoms with Gasteiger partial charge < -0.3 is 19.3 Å². The number of carbonyl (C=O) groups excluding carboxylic acids is 1. The summed E-state index contributed by atoms with van der Waals surface area (Å²) in [5.41, 5.74) is 0.0623. The first kappa shape index (κ1) is 20.3. The number of rotatable bonds is 3. The summed E-state index contributed by atoms with van der Waals surface area (Å²) in [6, 6.07) is 1.77. The molecule has 1 aromatic heterocycles. The van der Waals surface area contributed by atoms with Crippen LogP contribution in [0.2, 0.25) is 0 Å². The molecular weight excluding hydrogens is 344 g/mol. The zero-order valence-corrected chi connectivity index (χ0v) is 17.3. The van der Waals surface area contributed by atoms with E-state index in [1.807, 2.05) is 4.90 Å². The zero-order valence-electron chi connectivity index (χ0n) is 17.3. The van der Waals surface area contributed by atoms with Crippen molar-refractivity contribution in [3.63, 3.8) is 0 Å². The number of aliphatic hydroxyl groups excluding tert-OH is 1. The van der Waals surface area contributed by atoms with Crippen LogP contribution in [0.1, 0.15) is 76.6 Å². The van der Waals surface area contributed by atoms with Crippen LogP contribution in [0.15, 0.2) is 10.6 Å². The third kappa shape index (κ3) is 4.72. The molecule has 6 heteroatoms. The maximum absolute atomic E-state index is 12.8. The monoisotopic (exact) mass is 378 g/mol. The molecule has 2 saturated heterocycles. The number of aromatic nitrogens is 1. The van der Waals surface area contributed by atoms with Crippen LogP contribution in [-0.4, -0.2) is 52.0 Å². The van der Waals surface area contributed by atoms with Gasteiger partial charge in [0, 0.05) is 38.4 Å². The highest BCUT2D eigenvalue weighted by Crippen LogP contribution is 2.42. The number of likely N-dealkylation sites (tertiary alicyclic amines) is 1. The molecule has 3 heterocycles. The van der Waals surface area contributed by atoms with Crippen LogP contribution in [-0.2, 0) is 11.2 Å². The SMILES string of the molecule is CC(C)Cc1cc(C(=O)N2CCC3(CC2)C[C@H](O)C[C@H](C(C)(C)C)O3)no1. The van der Waals surface area contributed by atoms with Crippen molar-refractivity contribution in [2.75, 3.05) is 13.1 Å². The van der Waals surface area contributed by atoms with Gasteiger partial charge in [-0.15, -0.1) is 0 Å². The van der Waals surface area contributed by atoms with E-state index in [9.17, 15) is 9.90 Å². The molecule has 0 aromatic carbocycles. The van der Waals surface area contributed by atoms with E-state index in [1.54, 1.807) is 6.07 Å². The Morgan fingerprint density at radius 1 is 1.37 bits per heavy atom. The molecule has 0 bridgehead atoms. The van der Waals surface area contributed by atoms with Crippen molar-refractivity contribution in [3.05, 3.63) is 17.5 Å². The standard InChI is InChI=1S/C21H34N2O4/c1-14(2)10-16-12-17(22-27-16)19(25)23-8-6-21(7-9-23)13-15(24)11-18(26-21)20(3,4)5/h12,14-15,18,24H,6-11,13H2,1-5H3/t15-,18-/m1/s1. The van der Waals surface area contributed by atoms with Crippen LogP contribution in [0.3, 0.4) is 0 Å². The van der Waals surface area contributed by atoms with Gasteiger partial charge in [0.1, 0.15) is 5.76 Å². The van der Waals surface area contributed by atoms with Crippen molar-refractivity contribution in [1.29, 1.82) is 0 Å². The van der Waals surface area contributed by atoms with Crippen LogP contribution in [0.5, 0.6) is 0 Å². The molecule has 0 unspecified atom stereocenters. The second kappa shape index (κ2) is 7.55. The summed E-state index contributed by atoms with van der Waals surface area (Å²) in [7, 11) is 0. The van der Waals surface area contributed by atoms with Gasteiger partial charge in [0.25, 0.3) is 5.91 Å². The number of nitrogens with zero attached hydrogens (tertiary/aromatic N) is 2. The smallest absolute Gasteiger partial charge is 0.276 e. The average molecular weight is 379 g/mol. The maximum atomic E-state index is 12.8. The lowest BCUT2D eigenvalue weighted by atomic mass is 9.76. The average Bonchev–Trinajstić information content (AvgIpc) is 3.01. The van der Waals surface area contributed by atoms with Gasteiger partial charge in [0.2, 0.25) is 0 Å². The quantitative estimate of drug-likeness (QED) is 0.872. The Bertz CT molecular complexity index is 653. The van der Waals surface area contributed by atoms with Gasteiger partial charge in [0.15, 0.2) is 5.69 Å². The second-order valence-electron chi connectivity index (χ2n) is 9.82. The maximum Gasteiger partial charge on any atom is 0.276 e. The topological polar surface area (TPSA) is 75.8 Å². The van der Waals surface area contributed by atoms with E-state index in [0.29, 0.717) is 37.5 Å². The zero-order chi connectivity index (χ0) is 19.8. The number of hydrogen-bond acceptors (Lipinski definition) is 5. The lowest BCUT2D eigenvalue weighted by Gasteiger charge is -2.50. The molecular formula is C21H34N2O4. The molecule has 1 N–H and O–H groups in total. The summed E-state index contributed by atoms with van der Waals surface area (Å²) in [4.78, 5) is 14.6. The summed E-state index contributed by atoms with van der Waals surface area (Å²) in [5, 5.41) is 14.4. The highest BCUT2D eigenvalue weighted by atomic mass is 16.5. The van der Waals surface area contributed by atoms with E-state index in [0.717, 1.165) is 25.0 Å². The largest absolute Gasteiger partial charge is 0.393 e. The van der Waals surface area contributed by atoms with Crippen LogP contribution in [0.25, 0.3) is 0 Å². The summed E-state index contributed by atoms with van der Waals surface area (Å²) in [5.74, 6) is 1.14. The van der Waals surface area contributed by atoms with Crippen molar-refractivity contribution < 1.29 is 19.2 Å². The Kier molecular flexibility index (Phi) is 5.69. The molecule has 3 rings (SSSR count). The highest BCUT2D eigenvalue weighted by molar-refractivity contribution is 5.92. The number of hydrogen-bond donors (Lipinski definition) is 1. The molecule has 2 fully saturated rings. The van der Waals surface area contributed by atoms with Crippen LogP contribution >= 0.6 is 0 Å². The second-order valence-corrected chi connectivity index (χ2v) is 9.82. The van der Waals surface area contributed by atoms with Gasteiger partial charge in [-0.25, -0.2) is 0 Å². The molecule has 6 nitrogen and oxygen atoms in total. The molecule has 2 aliphatic rings. The number of piperidine rings is 1. The minimum absolute atomic E-state index is 0.00508. The Hall–Kier alpha value is -1.40. The molecule has 2 atom stereocenters. The predicted octanol–water partition coefficient (Wildman–Crippen LogP) is 3.43. The van der Waals surface area contributed by atoms with Gasteiger partial charge in [-0.2, -0.15) is 0 Å².